The van der Waals surface area contributed by atoms with Crippen LogP contribution in [0.3, 0.4) is 0 Å². The third-order valence-electron chi connectivity index (χ3n) is 5.00. The van der Waals surface area contributed by atoms with Gasteiger partial charge in [0.1, 0.15) is 11.9 Å². The summed E-state index contributed by atoms with van der Waals surface area (Å²) >= 11 is 0. The molecule has 126 valence electrons. The van der Waals surface area contributed by atoms with Gasteiger partial charge in [-0.25, -0.2) is 0 Å². The number of ether oxygens (including phenoxy) is 1. The molecule has 4 rings (SSSR count). The zero-order valence-corrected chi connectivity index (χ0v) is 14.5. The smallest absolute Gasteiger partial charge is 0.140 e. The molecule has 0 heterocycles. The van der Waals surface area contributed by atoms with Crippen LogP contribution < -0.4 is 10.1 Å². The van der Waals surface area contributed by atoms with Crippen LogP contribution in [0.1, 0.15) is 28.4 Å². The van der Waals surface area contributed by atoms with Gasteiger partial charge in [-0.1, -0.05) is 72.8 Å². The van der Waals surface area contributed by atoms with E-state index in [-0.39, 0.29) is 6.10 Å². The molecule has 0 amide bonds. The average Bonchev–Trinajstić information content (AvgIpc) is 3.02. The third kappa shape index (κ3) is 3.31. The van der Waals surface area contributed by atoms with Gasteiger partial charge in [0.25, 0.3) is 0 Å². The Labute approximate surface area is 149 Å². The topological polar surface area (TPSA) is 21.3 Å². The van der Waals surface area contributed by atoms with Crippen molar-refractivity contribution in [2.75, 3.05) is 7.05 Å². The summed E-state index contributed by atoms with van der Waals surface area (Å²) in [4.78, 5) is 0. The van der Waals surface area contributed by atoms with Gasteiger partial charge in [-0.3, -0.25) is 0 Å². The van der Waals surface area contributed by atoms with Crippen LogP contribution in [0.5, 0.6) is 5.75 Å². The molecule has 0 saturated carbocycles. The standard InChI is InChI=1S/C23H23NO/c1-24-21-16-18-11-5-7-13-20(18)23(21)25-22-14-8-6-12-19(22)15-17-9-3-2-4-10-17/h2-14,21,23-24H,15-16H2,1H3/t21-,23+/m0/s1. The summed E-state index contributed by atoms with van der Waals surface area (Å²) in [5.41, 5.74) is 5.22. The molecule has 0 saturated heterocycles. The van der Waals surface area contributed by atoms with Crippen LogP contribution in [0.25, 0.3) is 0 Å². The molecule has 2 atom stereocenters. The van der Waals surface area contributed by atoms with Gasteiger partial charge in [0.05, 0.1) is 6.04 Å². The van der Waals surface area contributed by atoms with Gasteiger partial charge in [0, 0.05) is 6.42 Å². The lowest BCUT2D eigenvalue weighted by Crippen LogP contribution is -2.32. The first-order valence-corrected chi connectivity index (χ1v) is 8.88. The van der Waals surface area contributed by atoms with Gasteiger partial charge in [0.2, 0.25) is 0 Å². The molecule has 1 aliphatic carbocycles. The van der Waals surface area contributed by atoms with Crippen molar-refractivity contribution in [2.45, 2.75) is 25.0 Å². The highest BCUT2D eigenvalue weighted by Crippen LogP contribution is 2.36. The molecule has 1 aliphatic rings. The van der Waals surface area contributed by atoms with Crippen molar-refractivity contribution >= 4 is 0 Å². The Morgan fingerprint density at radius 3 is 2.44 bits per heavy atom. The maximum Gasteiger partial charge on any atom is 0.140 e. The van der Waals surface area contributed by atoms with Crippen LogP contribution in [-0.4, -0.2) is 13.1 Å². The monoisotopic (exact) mass is 329 g/mol. The Morgan fingerprint density at radius 2 is 1.60 bits per heavy atom. The van der Waals surface area contributed by atoms with Crippen LogP contribution in [0.15, 0.2) is 78.9 Å². The number of hydrogen-bond acceptors (Lipinski definition) is 2. The van der Waals surface area contributed by atoms with E-state index >= 15 is 0 Å². The van der Waals surface area contributed by atoms with Gasteiger partial charge in [0.15, 0.2) is 0 Å². The number of fused-ring (bicyclic) bond motifs is 1. The van der Waals surface area contributed by atoms with E-state index in [2.05, 4.69) is 84.2 Å². The van der Waals surface area contributed by atoms with E-state index in [0.29, 0.717) is 6.04 Å². The molecule has 0 radical (unpaired) electrons. The predicted molar refractivity (Wildman–Crippen MR) is 102 cm³/mol. The molecule has 0 aromatic heterocycles. The second-order valence-corrected chi connectivity index (χ2v) is 6.61. The molecule has 2 nitrogen and oxygen atoms in total. The highest BCUT2D eigenvalue weighted by Gasteiger charge is 2.33. The number of rotatable bonds is 5. The van der Waals surface area contributed by atoms with Crippen molar-refractivity contribution < 1.29 is 4.74 Å². The Balaban J connectivity index is 1.63. The van der Waals surface area contributed by atoms with Crippen molar-refractivity contribution in [3.05, 3.63) is 101 Å². The summed E-state index contributed by atoms with van der Waals surface area (Å²) in [5.74, 6) is 0.980. The molecule has 0 aliphatic heterocycles. The van der Waals surface area contributed by atoms with E-state index in [1.807, 2.05) is 7.05 Å². The first-order chi connectivity index (χ1) is 12.3. The zero-order chi connectivity index (χ0) is 17.1. The lowest BCUT2D eigenvalue weighted by molar-refractivity contribution is 0.171. The normalized spacial score (nSPS) is 18.8. The van der Waals surface area contributed by atoms with E-state index < -0.39 is 0 Å². The first-order valence-electron chi connectivity index (χ1n) is 8.88. The summed E-state index contributed by atoms with van der Waals surface area (Å²) < 4.78 is 6.55. The highest BCUT2D eigenvalue weighted by molar-refractivity contribution is 5.41. The number of benzene rings is 3. The summed E-state index contributed by atoms with van der Waals surface area (Å²) in [6, 6.07) is 27.9. The van der Waals surface area contributed by atoms with E-state index in [9.17, 15) is 0 Å². The number of likely N-dealkylation sites (N-methyl/N-ethyl adjacent to an activating group) is 1. The third-order valence-corrected chi connectivity index (χ3v) is 5.00. The predicted octanol–water partition coefficient (Wildman–Crippen LogP) is 4.54. The number of para-hydroxylation sites is 1. The SMILES string of the molecule is CN[C@H]1Cc2ccccc2[C@H]1Oc1ccccc1Cc1ccccc1. The number of hydrogen-bond donors (Lipinski definition) is 1. The molecule has 25 heavy (non-hydrogen) atoms. The Kier molecular flexibility index (Phi) is 4.53. The van der Waals surface area contributed by atoms with Crippen molar-refractivity contribution in [3.63, 3.8) is 0 Å². The molecule has 0 fully saturated rings. The fourth-order valence-electron chi connectivity index (χ4n) is 3.67. The van der Waals surface area contributed by atoms with Crippen LogP contribution in [0.2, 0.25) is 0 Å². The van der Waals surface area contributed by atoms with Gasteiger partial charge >= 0.3 is 0 Å². The Bertz CT molecular complexity index is 843. The average molecular weight is 329 g/mol. The molecule has 0 unspecified atom stereocenters. The molecule has 1 N–H and O–H groups in total. The van der Waals surface area contributed by atoms with Crippen molar-refractivity contribution in [1.82, 2.24) is 5.32 Å². The Hall–Kier alpha value is -2.58. The quantitative estimate of drug-likeness (QED) is 0.742. The molecule has 2 heteroatoms. The summed E-state index contributed by atoms with van der Waals surface area (Å²) in [6.45, 7) is 0. The van der Waals surface area contributed by atoms with Gasteiger partial charge < -0.3 is 10.1 Å². The first kappa shape index (κ1) is 15.9. The fourth-order valence-corrected chi connectivity index (χ4v) is 3.67. The number of nitrogens with one attached hydrogen (secondary N) is 1. The van der Waals surface area contributed by atoms with Crippen molar-refractivity contribution in [2.24, 2.45) is 0 Å². The van der Waals surface area contributed by atoms with Gasteiger partial charge in [-0.15, -0.1) is 0 Å². The fraction of sp³-hybridized carbons (Fsp3) is 0.217. The summed E-state index contributed by atoms with van der Waals surface area (Å²) in [6.07, 6.45) is 1.95. The largest absolute Gasteiger partial charge is 0.484 e. The zero-order valence-electron chi connectivity index (χ0n) is 14.5. The van der Waals surface area contributed by atoms with E-state index in [1.54, 1.807) is 0 Å². The molecule has 0 spiro atoms. The van der Waals surface area contributed by atoms with Crippen molar-refractivity contribution in [1.29, 1.82) is 0 Å². The van der Waals surface area contributed by atoms with Crippen LogP contribution in [0.4, 0.5) is 0 Å². The maximum atomic E-state index is 6.55. The minimum Gasteiger partial charge on any atom is -0.484 e. The van der Waals surface area contributed by atoms with E-state index in [4.69, 9.17) is 4.74 Å². The maximum absolute atomic E-state index is 6.55. The van der Waals surface area contributed by atoms with E-state index in [0.717, 1.165) is 18.6 Å². The molecule has 3 aromatic carbocycles. The summed E-state index contributed by atoms with van der Waals surface area (Å²) in [5, 5.41) is 3.43. The molecule has 3 aromatic rings. The van der Waals surface area contributed by atoms with Crippen LogP contribution in [0, 0.1) is 0 Å². The van der Waals surface area contributed by atoms with E-state index in [1.165, 1.54) is 22.3 Å². The van der Waals surface area contributed by atoms with Gasteiger partial charge in [-0.2, -0.15) is 0 Å². The molecular formula is C23H23NO. The van der Waals surface area contributed by atoms with Gasteiger partial charge in [-0.05, 0) is 41.8 Å². The summed E-state index contributed by atoms with van der Waals surface area (Å²) in [7, 11) is 2.02. The van der Waals surface area contributed by atoms with Crippen LogP contribution in [-0.2, 0) is 12.8 Å². The van der Waals surface area contributed by atoms with Crippen molar-refractivity contribution in [3.8, 4) is 5.75 Å². The lowest BCUT2D eigenvalue weighted by Gasteiger charge is -2.23. The minimum atomic E-state index is 0.0538. The lowest BCUT2D eigenvalue weighted by atomic mass is 10.0. The minimum absolute atomic E-state index is 0.0538. The Morgan fingerprint density at radius 1 is 0.880 bits per heavy atom. The molecule has 0 bridgehead atoms. The van der Waals surface area contributed by atoms with Crippen LogP contribution >= 0.6 is 0 Å². The molecular weight excluding hydrogens is 306 g/mol. The second kappa shape index (κ2) is 7.12. The highest BCUT2D eigenvalue weighted by atomic mass is 16.5. The second-order valence-electron chi connectivity index (χ2n) is 6.61.